The van der Waals surface area contributed by atoms with Gasteiger partial charge in [0.05, 0.1) is 13.2 Å². The van der Waals surface area contributed by atoms with Gasteiger partial charge >= 0.3 is 5.97 Å². The summed E-state index contributed by atoms with van der Waals surface area (Å²) in [5.41, 5.74) is -0.139. The molecule has 0 aliphatic heterocycles. The van der Waals surface area contributed by atoms with Gasteiger partial charge in [-0.1, -0.05) is 13.2 Å². The molecule has 0 saturated carbocycles. The number of hydrogen-bond acceptors (Lipinski definition) is 5. The lowest BCUT2D eigenvalue weighted by Gasteiger charge is -2.20. The third kappa shape index (κ3) is 5.28. The summed E-state index contributed by atoms with van der Waals surface area (Å²) in [4.78, 5) is 23.9. The van der Waals surface area contributed by atoms with Crippen molar-refractivity contribution in [1.29, 1.82) is 0 Å². The molecule has 0 saturated heterocycles. The fourth-order valence-electron chi connectivity index (χ4n) is 1.000. The number of esters is 1. The zero-order valence-electron chi connectivity index (χ0n) is 9.85. The van der Waals surface area contributed by atoms with Crippen LogP contribution in [0.25, 0.3) is 0 Å². The summed E-state index contributed by atoms with van der Waals surface area (Å²) < 4.78 is 9.50. The molecule has 0 rings (SSSR count). The minimum absolute atomic E-state index is 0.0386. The molecule has 0 aliphatic carbocycles. The maximum Gasteiger partial charge on any atom is 0.354 e. The van der Waals surface area contributed by atoms with Crippen LogP contribution in [0.4, 0.5) is 0 Å². The maximum atomic E-state index is 11.5. The number of aliphatic hydroxyl groups excluding tert-OH is 1. The van der Waals surface area contributed by atoms with Crippen molar-refractivity contribution in [3.8, 4) is 0 Å². The minimum atomic E-state index is -0.731. The molecule has 0 atom stereocenters. The molecule has 0 unspecified atom stereocenters. The summed E-state index contributed by atoms with van der Waals surface area (Å²) in [7, 11) is 1.47. The molecule has 0 bridgehead atoms. The highest BCUT2D eigenvalue weighted by molar-refractivity contribution is 5.97. The van der Waals surface area contributed by atoms with Crippen LogP contribution in [-0.4, -0.2) is 55.4 Å². The second-order valence-corrected chi connectivity index (χ2v) is 2.99. The van der Waals surface area contributed by atoms with Crippen LogP contribution in [0.3, 0.4) is 0 Å². The number of carbonyl (C=O) groups excluding carboxylic acids is 2. The van der Waals surface area contributed by atoms with E-state index in [9.17, 15) is 9.59 Å². The average Bonchev–Trinajstić information content (AvgIpc) is 2.34. The number of carbonyl (C=O) groups is 2. The Labute approximate surface area is 100 Å². The molecule has 0 spiro atoms. The quantitative estimate of drug-likeness (QED) is 0.360. The molecular weight excluding hydrogens is 226 g/mol. The minimum Gasteiger partial charge on any atom is -0.459 e. The first kappa shape index (κ1) is 15.3. The standard InChI is InChI=1S/C11H17NO5/c1-4-10(14)12(5-6-13)9(2)11(15)17-8-7-16-3/h4,13H,1-2,5-8H2,3H3. The largest absolute Gasteiger partial charge is 0.459 e. The van der Waals surface area contributed by atoms with Crippen LogP contribution in [0, 0.1) is 0 Å². The summed E-state index contributed by atoms with van der Waals surface area (Å²) in [5.74, 6) is -1.25. The van der Waals surface area contributed by atoms with Crippen LogP contribution >= 0.6 is 0 Å². The second kappa shape index (κ2) is 8.49. The predicted molar refractivity (Wildman–Crippen MR) is 61.0 cm³/mol. The SMILES string of the molecule is C=CC(=O)N(CCO)C(=C)C(=O)OCCOC. The Kier molecular flexibility index (Phi) is 7.66. The van der Waals surface area contributed by atoms with Gasteiger partial charge in [0.25, 0.3) is 5.91 Å². The van der Waals surface area contributed by atoms with E-state index < -0.39 is 11.9 Å². The maximum absolute atomic E-state index is 11.5. The molecule has 0 heterocycles. The zero-order chi connectivity index (χ0) is 13.3. The predicted octanol–water partition coefficient (Wildman–Crippen LogP) is -0.303. The number of amides is 1. The molecule has 0 aromatic rings. The highest BCUT2D eigenvalue weighted by atomic mass is 16.6. The van der Waals surface area contributed by atoms with Gasteiger partial charge in [-0.25, -0.2) is 4.79 Å². The molecule has 0 aliphatic rings. The molecular formula is C11H17NO5. The molecule has 0 aromatic heterocycles. The van der Waals surface area contributed by atoms with Crippen LogP contribution in [0.5, 0.6) is 0 Å². The molecule has 17 heavy (non-hydrogen) atoms. The molecule has 0 fully saturated rings. The van der Waals surface area contributed by atoms with Crippen molar-refractivity contribution in [1.82, 2.24) is 4.90 Å². The van der Waals surface area contributed by atoms with Crippen molar-refractivity contribution in [2.45, 2.75) is 0 Å². The lowest BCUT2D eigenvalue weighted by molar-refractivity contribution is -0.144. The molecule has 6 nitrogen and oxygen atoms in total. The normalized spacial score (nSPS) is 9.53. The lowest BCUT2D eigenvalue weighted by atomic mass is 10.3. The van der Waals surface area contributed by atoms with E-state index >= 15 is 0 Å². The van der Waals surface area contributed by atoms with Gasteiger partial charge in [-0.3, -0.25) is 4.79 Å². The first-order chi connectivity index (χ1) is 8.08. The third-order valence-corrected chi connectivity index (χ3v) is 1.85. The van der Waals surface area contributed by atoms with Crippen LogP contribution in [0.2, 0.25) is 0 Å². The van der Waals surface area contributed by atoms with E-state index in [2.05, 4.69) is 13.2 Å². The smallest absolute Gasteiger partial charge is 0.354 e. The van der Waals surface area contributed by atoms with Gasteiger partial charge in [-0.15, -0.1) is 0 Å². The second-order valence-electron chi connectivity index (χ2n) is 2.99. The molecule has 1 amide bonds. The van der Waals surface area contributed by atoms with E-state index in [1.165, 1.54) is 7.11 Å². The monoisotopic (exact) mass is 243 g/mol. The van der Waals surface area contributed by atoms with Gasteiger partial charge in [0.2, 0.25) is 0 Å². The molecule has 6 heteroatoms. The van der Waals surface area contributed by atoms with Crippen molar-refractivity contribution in [3.05, 3.63) is 24.9 Å². The first-order valence-corrected chi connectivity index (χ1v) is 4.98. The van der Waals surface area contributed by atoms with Gasteiger partial charge < -0.3 is 19.5 Å². The number of ether oxygens (including phenoxy) is 2. The first-order valence-electron chi connectivity index (χ1n) is 4.98. The van der Waals surface area contributed by atoms with Crippen molar-refractivity contribution in [3.63, 3.8) is 0 Å². The van der Waals surface area contributed by atoms with Crippen molar-refractivity contribution < 1.29 is 24.2 Å². The Morgan fingerprint density at radius 2 is 2.06 bits per heavy atom. The molecule has 96 valence electrons. The lowest BCUT2D eigenvalue weighted by Crippen LogP contribution is -2.35. The Morgan fingerprint density at radius 1 is 1.41 bits per heavy atom. The summed E-state index contributed by atoms with van der Waals surface area (Å²) in [6, 6.07) is 0. The molecule has 1 N–H and O–H groups in total. The van der Waals surface area contributed by atoms with Gasteiger partial charge in [-0.05, 0) is 6.08 Å². The van der Waals surface area contributed by atoms with E-state index in [0.29, 0.717) is 0 Å². The fourth-order valence-corrected chi connectivity index (χ4v) is 1.000. The van der Waals surface area contributed by atoms with Gasteiger partial charge in [0, 0.05) is 13.7 Å². The van der Waals surface area contributed by atoms with E-state index in [1.807, 2.05) is 0 Å². The van der Waals surface area contributed by atoms with Crippen LogP contribution in [0.1, 0.15) is 0 Å². The number of rotatable bonds is 8. The summed E-state index contributed by atoms with van der Waals surface area (Å²) in [5, 5.41) is 8.78. The summed E-state index contributed by atoms with van der Waals surface area (Å²) >= 11 is 0. The average molecular weight is 243 g/mol. The Morgan fingerprint density at radius 3 is 2.53 bits per heavy atom. The van der Waals surface area contributed by atoms with E-state index in [4.69, 9.17) is 14.6 Å². The van der Waals surface area contributed by atoms with Crippen LogP contribution in [0.15, 0.2) is 24.9 Å². The van der Waals surface area contributed by atoms with Crippen LogP contribution < -0.4 is 0 Å². The number of aliphatic hydroxyl groups is 1. The van der Waals surface area contributed by atoms with E-state index in [-0.39, 0.29) is 32.1 Å². The topological polar surface area (TPSA) is 76.1 Å². The van der Waals surface area contributed by atoms with Crippen LogP contribution in [-0.2, 0) is 19.1 Å². The number of methoxy groups -OCH3 is 1. The van der Waals surface area contributed by atoms with E-state index in [1.54, 1.807) is 0 Å². The summed E-state index contributed by atoms with van der Waals surface area (Å²) in [6.07, 6.45) is 1.03. The fraction of sp³-hybridized carbons (Fsp3) is 0.455. The highest BCUT2D eigenvalue weighted by Gasteiger charge is 2.20. The van der Waals surface area contributed by atoms with Gasteiger partial charge in [0.1, 0.15) is 12.3 Å². The summed E-state index contributed by atoms with van der Waals surface area (Å²) in [6.45, 7) is 6.75. The Bertz CT molecular complexity index is 300. The van der Waals surface area contributed by atoms with Crippen molar-refractivity contribution >= 4 is 11.9 Å². The Hall–Kier alpha value is -1.66. The zero-order valence-corrected chi connectivity index (χ0v) is 9.85. The van der Waals surface area contributed by atoms with Gasteiger partial charge in [-0.2, -0.15) is 0 Å². The number of nitrogens with zero attached hydrogens (tertiary/aromatic N) is 1. The highest BCUT2D eigenvalue weighted by Crippen LogP contribution is 2.05. The Balaban J connectivity index is 4.44. The third-order valence-electron chi connectivity index (χ3n) is 1.85. The molecule has 0 aromatic carbocycles. The van der Waals surface area contributed by atoms with Crippen molar-refractivity contribution in [2.75, 3.05) is 33.5 Å². The van der Waals surface area contributed by atoms with Gasteiger partial charge in [0.15, 0.2) is 0 Å². The van der Waals surface area contributed by atoms with E-state index in [0.717, 1.165) is 11.0 Å². The molecule has 0 radical (unpaired) electrons. The number of hydrogen-bond donors (Lipinski definition) is 1. The van der Waals surface area contributed by atoms with Crippen molar-refractivity contribution in [2.24, 2.45) is 0 Å².